The van der Waals surface area contributed by atoms with Gasteiger partial charge in [0.15, 0.2) is 11.6 Å². The normalized spacial score (nSPS) is 23.6. The minimum absolute atomic E-state index is 0.0607. The van der Waals surface area contributed by atoms with Gasteiger partial charge in [-0.3, -0.25) is 14.4 Å². The Morgan fingerprint density at radius 3 is 2.17 bits per heavy atom. The molecule has 0 heterocycles. The van der Waals surface area contributed by atoms with Crippen LogP contribution in [0.4, 0.5) is 0 Å². The first-order valence-corrected chi connectivity index (χ1v) is 8.51. The Kier molecular flexibility index (Phi) is 4.50. The molecule has 1 aromatic carbocycles. The van der Waals surface area contributed by atoms with Crippen molar-refractivity contribution in [2.75, 3.05) is 20.6 Å². The minimum Gasteiger partial charge on any atom is -0.309 e. The maximum atomic E-state index is 13.0. The van der Waals surface area contributed by atoms with E-state index in [-0.39, 0.29) is 23.3 Å². The highest BCUT2D eigenvalue weighted by atomic mass is 16.1. The van der Waals surface area contributed by atoms with Gasteiger partial charge in [-0.15, -0.1) is 0 Å². The van der Waals surface area contributed by atoms with E-state index in [9.17, 15) is 14.4 Å². The lowest BCUT2D eigenvalue weighted by molar-refractivity contribution is -0.122. The van der Waals surface area contributed by atoms with Gasteiger partial charge in [-0.1, -0.05) is 31.2 Å². The predicted molar refractivity (Wildman–Crippen MR) is 92.2 cm³/mol. The Hall–Kier alpha value is -2.07. The van der Waals surface area contributed by atoms with Crippen LogP contribution in [-0.2, 0) is 4.79 Å². The fourth-order valence-electron chi connectivity index (χ4n) is 3.83. The summed E-state index contributed by atoms with van der Waals surface area (Å²) in [7, 11) is 4.01. The molecule has 4 heteroatoms. The van der Waals surface area contributed by atoms with Crippen LogP contribution in [0.15, 0.2) is 35.4 Å². The molecule has 126 valence electrons. The maximum absolute atomic E-state index is 13.0. The smallest absolute Gasteiger partial charge is 0.190 e. The number of carbonyl (C=O) groups excluding carboxylic acids is 3. The second kappa shape index (κ2) is 6.44. The highest BCUT2D eigenvalue weighted by Gasteiger charge is 2.43. The van der Waals surface area contributed by atoms with E-state index in [1.807, 2.05) is 14.1 Å². The summed E-state index contributed by atoms with van der Waals surface area (Å²) in [6, 6.07) is 6.96. The minimum atomic E-state index is -0.477. The van der Waals surface area contributed by atoms with Gasteiger partial charge < -0.3 is 4.90 Å². The Bertz CT molecular complexity index is 745. The molecule has 0 amide bonds. The van der Waals surface area contributed by atoms with E-state index in [2.05, 4.69) is 4.90 Å². The fourth-order valence-corrected chi connectivity index (χ4v) is 3.83. The Balaban J connectivity index is 2.02. The average Bonchev–Trinajstić information content (AvgIpc) is 2.55. The predicted octanol–water partition coefficient (Wildman–Crippen LogP) is 2.93. The number of carbonyl (C=O) groups is 3. The van der Waals surface area contributed by atoms with Crippen molar-refractivity contribution in [3.05, 3.63) is 46.5 Å². The van der Waals surface area contributed by atoms with Crippen LogP contribution in [-0.4, -0.2) is 42.9 Å². The van der Waals surface area contributed by atoms with Crippen LogP contribution in [0.1, 0.15) is 46.9 Å². The molecule has 0 radical (unpaired) electrons. The van der Waals surface area contributed by atoms with E-state index >= 15 is 0 Å². The molecule has 0 N–H and O–H groups in total. The van der Waals surface area contributed by atoms with Crippen molar-refractivity contribution in [3.63, 3.8) is 0 Å². The van der Waals surface area contributed by atoms with Crippen molar-refractivity contribution in [1.82, 2.24) is 4.90 Å². The zero-order chi connectivity index (χ0) is 17.4. The monoisotopic (exact) mass is 325 g/mol. The number of allylic oxidation sites excluding steroid dienone is 2. The van der Waals surface area contributed by atoms with Crippen LogP contribution >= 0.6 is 0 Å². The van der Waals surface area contributed by atoms with Crippen LogP contribution in [0.3, 0.4) is 0 Å². The molecule has 2 unspecified atom stereocenters. The SMILES string of the molecule is CC1C(=O)CC(CCCN(C)C)C2=C1C(=O)c1ccccc1C2=O. The van der Waals surface area contributed by atoms with E-state index in [1.165, 1.54) is 0 Å². The van der Waals surface area contributed by atoms with Gasteiger partial charge in [0.25, 0.3) is 0 Å². The molecule has 0 saturated carbocycles. The number of hydrogen-bond donors (Lipinski definition) is 0. The third-order valence-corrected chi connectivity index (χ3v) is 5.13. The first kappa shape index (κ1) is 16.8. The Morgan fingerprint density at radius 1 is 1.00 bits per heavy atom. The van der Waals surface area contributed by atoms with Gasteiger partial charge in [-0.2, -0.15) is 0 Å². The Morgan fingerprint density at radius 2 is 1.58 bits per heavy atom. The lowest BCUT2D eigenvalue weighted by atomic mass is 9.67. The second-order valence-corrected chi connectivity index (χ2v) is 7.07. The highest BCUT2D eigenvalue weighted by molar-refractivity contribution is 6.29. The molecule has 1 aromatic rings. The molecular formula is C20H23NO3. The number of ketones is 3. The molecule has 2 aliphatic rings. The zero-order valence-electron chi connectivity index (χ0n) is 14.5. The van der Waals surface area contributed by atoms with Crippen LogP contribution in [0, 0.1) is 11.8 Å². The summed E-state index contributed by atoms with van der Waals surface area (Å²) in [6.07, 6.45) is 2.03. The van der Waals surface area contributed by atoms with E-state index in [1.54, 1.807) is 31.2 Å². The second-order valence-electron chi connectivity index (χ2n) is 7.07. The van der Waals surface area contributed by atoms with Gasteiger partial charge in [-0.25, -0.2) is 0 Å². The summed E-state index contributed by atoms with van der Waals surface area (Å²) < 4.78 is 0. The van der Waals surface area contributed by atoms with Gasteiger partial charge >= 0.3 is 0 Å². The molecule has 0 spiro atoms. The molecule has 0 fully saturated rings. The quantitative estimate of drug-likeness (QED) is 0.854. The Labute approximate surface area is 142 Å². The van der Waals surface area contributed by atoms with E-state index in [0.717, 1.165) is 19.4 Å². The molecule has 0 aliphatic heterocycles. The number of fused-ring (bicyclic) bond motifs is 1. The summed E-state index contributed by atoms with van der Waals surface area (Å²) >= 11 is 0. The topological polar surface area (TPSA) is 54.5 Å². The zero-order valence-corrected chi connectivity index (χ0v) is 14.5. The summed E-state index contributed by atoms with van der Waals surface area (Å²) in [5.74, 6) is -0.736. The van der Waals surface area contributed by atoms with E-state index < -0.39 is 5.92 Å². The third-order valence-electron chi connectivity index (χ3n) is 5.13. The number of benzene rings is 1. The molecular weight excluding hydrogens is 302 g/mol. The summed E-state index contributed by atoms with van der Waals surface area (Å²) in [5, 5.41) is 0. The van der Waals surface area contributed by atoms with E-state index in [4.69, 9.17) is 0 Å². The van der Waals surface area contributed by atoms with Crippen LogP contribution in [0.2, 0.25) is 0 Å². The van der Waals surface area contributed by atoms with Crippen molar-refractivity contribution < 1.29 is 14.4 Å². The van der Waals surface area contributed by atoms with Gasteiger partial charge in [0, 0.05) is 34.6 Å². The lowest BCUT2D eigenvalue weighted by Gasteiger charge is -2.33. The first-order valence-electron chi connectivity index (χ1n) is 8.51. The van der Waals surface area contributed by atoms with Crippen LogP contribution in [0.5, 0.6) is 0 Å². The summed E-state index contributed by atoms with van der Waals surface area (Å²) in [5.41, 5.74) is 1.98. The average molecular weight is 325 g/mol. The summed E-state index contributed by atoms with van der Waals surface area (Å²) in [4.78, 5) is 40.4. The maximum Gasteiger partial charge on any atom is 0.190 e. The van der Waals surface area contributed by atoms with Crippen molar-refractivity contribution in [3.8, 4) is 0 Å². The lowest BCUT2D eigenvalue weighted by Crippen LogP contribution is -2.37. The highest BCUT2D eigenvalue weighted by Crippen LogP contribution is 2.41. The molecule has 2 aliphatic carbocycles. The fraction of sp³-hybridized carbons (Fsp3) is 0.450. The number of hydrogen-bond acceptors (Lipinski definition) is 4. The molecule has 4 nitrogen and oxygen atoms in total. The van der Waals surface area contributed by atoms with E-state index in [0.29, 0.717) is 28.7 Å². The van der Waals surface area contributed by atoms with Gasteiger partial charge in [0.05, 0.1) is 0 Å². The van der Waals surface area contributed by atoms with Crippen LogP contribution in [0.25, 0.3) is 0 Å². The van der Waals surface area contributed by atoms with Crippen molar-refractivity contribution >= 4 is 17.3 Å². The molecule has 2 atom stereocenters. The molecule has 0 saturated heterocycles. The number of Topliss-reactive ketones (excluding diaryl/α,β-unsaturated/α-hetero) is 3. The van der Waals surface area contributed by atoms with Gasteiger partial charge in [-0.05, 0) is 39.4 Å². The van der Waals surface area contributed by atoms with Crippen molar-refractivity contribution in [1.29, 1.82) is 0 Å². The molecule has 0 bridgehead atoms. The number of nitrogens with zero attached hydrogens (tertiary/aromatic N) is 1. The van der Waals surface area contributed by atoms with Crippen molar-refractivity contribution in [2.45, 2.75) is 26.2 Å². The molecule has 24 heavy (non-hydrogen) atoms. The third kappa shape index (κ3) is 2.75. The van der Waals surface area contributed by atoms with Crippen molar-refractivity contribution in [2.24, 2.45) is 11.8 Å². The first-order chi connectivity index (χ1) is 11.4. The van der Waals surface area contributed by atoms with Gasteiger partial charge in [0.2, 0.25) is 0 Å². The standard InChI is InChI=1S/C20H23NO3/c1-12-16(22)11-13(7-6-10-21(2)3)18-17(12)19(23)14-8-4-5-9-15(14)20(18)24/h4-5,8-9,12-13H,6-7,10-11H2,1-3H3. The molecule has 3 rings (SSSR count). The van der Waals surface area contributed by atoms with Gasteiger partial charge in [0.1, 0.15) is 5.78 Å². The molecule has 0 aromatic heterocycles. The summed E-state index contributed by atoms with van der Waals surface area (Å²) in [6.45, 7) is 2.66. The number of rotatable bonds is 4. The van der Waals surface area contributed by atoms with Crippen LogP contribution < -0.4 is 0 Å². The largest absolute Gasteiger partial charge is 0.309 e.